The molecule has 0 aromatic rings. The Morgan fingerprint density at radius 1 is 1.47 bits per heavy atom. The minimum atomic E-state index is -0.647. The van der Waals surface area contributed by atoms with Crippen molar-refractivity contribution in [1.82, 2.24) is 0 Å². The molecule has 0 bridgehead atoms. The summed E-state index contributed by atoms with van der Waals surface area (Å²) in [6.07, 6.45) is 1.67. The lowest BCUT2D eigenvalue weighted by Gasteiger charge is -2.19. The molecular weight excluding hydrogens is 212 g/mol. The Hall–Kier alpha value is -0.683. The molecule has 1 saturated heterocycles. The Morgan fingerprint density at radius 2 is 2.13 bits per heavy atom. The van der Waals surface area contributed by atoms with Gasteiger partial charge < -0.3 is 9.16 Å². The van der Waals surface area contributed by atoms with E-state index >= 15 is 0 Å². The van der Waals surface area contributed by atoms with Crippen LogP contribution in [0, 0.1) is 11.3 Å². The van der Waals surface area contributed by atoms with Crippen molar-refractivity contribution < 1.29 is 18.8 Å². The van der Waals surface area contributed by atoms with E-state index in [4.69, 9.17) is 4.43 Å². The molecule has 1 aliphatic heterocycles. The zero-order valence-electron chi connectivity index (χ0n) is 9.54. The molecule has 0 radical (unpaired) electrons. The molecule has 0 aromatic carbocycles. The normalized spacial score (nSPS) is 25.1. The van der Waals surface area contributed by atoms with Crippen LogP contribution in [0.1, 0.15) is 26.7 Å². The summed E-state index contributed by atoms with van der Waals surface area (Å²) in [7, 11) is 1.29. The zero-order valence-corrected chi connectivity index (χ0v) is 11.0. The molecule has 1 atom stereocenters. The van der Waals surface area contributed by atoms with E-state index < -0.39 is 15.2 Å². The quantitative estimate of drug-likeness (QED) is 0.301. The predicted octanol–water partition coefficient (Wildman–Crippen LogP) is 0.641. The Labute approximate surface area is 92.3 Å². The molecule has 0 spiro atoms. The topological polar surface area (TPSA) is 52.6 Å². The van der Waals surface area contributed by atoms with E-state index in [9.17, 15) is 9.59 Å². The molecule has 4 nitrogen and oxygen atoms in total. The third kappa shape index (κ3) is 2.66. The Bertz CT molecular complexity index is 262. The van der Waals surface area contributed by atoms with Gasteiger partial charge in [-0.25, -0.2) is 0 Å². The van der Waals surface area contributed by atoms with E-state index in [2.05, 4.69) is 4.74 Å². The second kappa shape index (κ2) is 4.89. The van der Waals surface area contributed by atoms with Crippen molar-refractivity contribution in [3.8, 4) is 0 Å². The fraction of sp³-hybridized carbons (Fsp3) is 0.800. The number of hydrogen-bond acceptors (Lipinski definition) is 4. The van der Waals surface area contributed by atoms with E-state index in [-0.39, 0.29) is 17.9 Å². The van der Waals surface area contributed by atoms with Crippen LogP contribution < -0.4 is 0 Å². The number of rotatable bonds is 5. The molecule has 0 aliphatic carbocycles. The van der Waals surface area contributed by atoms with Gasteiger partial charge in [-0.3, -0.25) is 9.59 Å². The Kier molecular flexibility index (Phi) is 4.04. The maximum atomic E-state index is 11.4. The van der Waals surface area contributed by atoms with E-state index in [0.29, 0.717) is 0 Å². The molecule has 1 rings (SSSR count). The van der Waals surface area contributed by atoms with Crippen molar-refractivity contribution >= 4 is 21.7 Å². The fourth-order valence-electron chi connectivity index (χ4n) is 1.80. The summed E-state index contributed by atoms with van der Waals surface area (Å²) in [5, 5.41) is 0. The first kappa shape index (κ1) is 12.4. The maximum Gasteiger partial charge on any atom is 0.320 e. The minimum absolute atomic E-state index is 0.268. The summed E-state index contributed by atoms with van der Waals surface area (Å²) in [5.74, 6) is -1.01. The van der Waals surface area contributed by atoms with Crippen LogP contribution in [0.4, 0.5) is 0 Å². The van der Waals surface area contributed by atoms with Gasteiger partial charge >= 0.3 is 11.9 Å². The summed E-state index contributed by atoms with van der Waals surface area (Å²) < 4.78 is 9.71. The van der Waals surface area contributed by atoms with Gasteiger partial charge in [0, 0.05) is 7.11 Å². The van der Waals surface area contributed by atoms with Crippen molar-refractivity contribution in [1.29, 1.82) is 0 Å². The SMILES string of the molecule is CO[SiH2]CCCC1C(=O)OC(=O)C1(C)C. The third-order valence-corrected chi connectivity index (χ3v) is 4.16. The molecule has 1 unspecified atom stereocenters. The molecule has 1 fully saturated rings. The number of hydrogen-bond donors (Lipinski definition) is 0. The second-order valence-electron chi connectivity index (χ2n) is 4.47. The molecule has 1 heterocycles. The monoisotopic (exact) mass is 230 g/mol. The second-order valence-corrected chi connectivity index (χ2v) is 6.16. The molecule has 1 aliphatic rings. The van der Waals surface area contributed by atoms with Gasteiger partial charge in [-0.1, -0.05) is 6.42 Å². The van der Waals surface area contributed by atoms with Gasteiger partial charge in [0.05, 0.1) is 11.3 Å². The highest BCUT2D eigenvalue weighted by atomic mass is 28.2. The van der Waals surface area contributed by atoms with Crippen LogP contribution in [0.2, 0.25) is 6.04 Å². The van der Waals surface area contributed by atoms with Gasteiger partial charge in [0.25, 0.3) is 0 Å². The van der Waals surface area contributed by atoms with Crippen LogP contribution >= 0.6 is 0 Å². The van der Waals surface area contributed by atoms with Crippen LogP contribution in [-0.4, -0.2) is 28.8 Å². The smallest absolute Gasteiger partial charge is 0.320 e. The summed E-state index contributed by atoms with van der Waals surface area (Å²) in [6, 6.07) is 1.05. The first-order chi connectivity index (χ1) is 7.00. The molecule has 15 heavy (non-hydrogen) atoms. The number of cyclic esters (lactones) is 2. The molecule has 0 amide bonds. The van der Waals surface area contributed by atoms with E-state index in [0.717, 1.165) is 18.9 Å². The van der Waals surface area contributed by atoms with Gasteiger partial charge in [0.15, 0.2) is 9.76 Å². The Balaban J connectivity index is 2.46. The van der Waals surface area contributed by atoms with Crippen LogP contribution in [0.3, 0.4) is 0 Å². The first-order valence-corrected chi connectivity index (χ1v) is 6.83. The summed E-state index contributed by atoms with van der Waals surface area (Å²) >= 11 is 0. The van der Waals surface area contributed by atoms with Crippen molar-refractivity contribution in [2.45, 2.75) is 32.7 Å². The highest BCUT2D eigenvalue weighted by Crippen LogP contribution is 2.38. The van der Waals surface area contributed by atoms with E-state index in [1.807, 2.05) is 0 Å². The lowest BCUT2D eigenvalue weighted by atomic mass is 9.79. The summed E-state index contributed by atoms with van der Waals surface area (Å²) in [6.45, 7) is 3.55. The van der Waals surface area contributed by atoms with Crippen molar-refractivity contribution in [2.24, 2.45) is 11.3 Å². The average Bonchev–Trinajstić information content (AvgIpc) is 2.34. The minimum Gasteiger partial charge on any atom is -0.427 e. The molecule has 86 valence electrons. The average molecular weight is 230 g/mol. The number of esters is 2. The van der Waals surface area contributed by atoms with Crippen molar-refractivity contribution in [3.63, 3.8) is 0 Å². The summed E-state index contributed by atoms with van der Waals surface area (Å²) in [5.41, 5.74) is -0.647. The zero-order chi connectivity index (χ0) is 11.5. The van der Waals surface area contributed by atoms with Crippen LogP contribution in [0.5, 0.6) is 0 Å². The van der Waals surface area contributed by atoms with Gasteiger partial charge in [0.1, 0.15) is 0 Å². The lowest BCUT2D eigenvalue weighted by molar-refractivity contribution is -0.154. The van der Waals surface area contributed by atoms with Crippen molar-refractivity contribution in [3.05, 3.63) is 0 Å². The van der Waals surface area contributed by atoms with E-state index in [1.54, 1.807) is 21.0 Å². The largest absolute Gasteiger partial charge is 0.427 e. The predicted molar refractivity (Wildman–Crippen MR) is 58.0 cm³/mol. The summed E-state index contributed by atoms with van der Waals surface area (Å²) in [4.78, 5) is 22.7. The maximum absolute atomic E-state index is 11.4. The van der Waals surface area contributed by atoms with Gasteiger partial charge in [-0.15, -0.1) is 0 Å². The number of ether oxygens (including phenoxy) is 1. The number of carbonyl (C=O) groups is 2. The molecule has 5 heteroatoms. The van der Waals surface area contributed by atoms with Gasteiger partial charge in [-0.05, 0) is 26.3 Å². The van der Waals surface area contributed by atoms with Crippen LogP contribution in [0.25, 0.3) is 0 Å². The number of carbonyl (C=O) groups excluding carboxylic acids is 2. The third-order valence-electron chi connectivity index (χ3n) is 2.97. The molecule has 0 N–H and O–H groups in total. The van der Waals surface area contributed by atoms with Crippen LogP contribution in [-0.2, 0) is 18.8 Å². The molecule has 0 aromatic heterocycles. The van der Waals surface area contributed by atoms with Gasteiger partial charge in [0.2, 0.25) is 0 Å². The van der Waals surface area contributed by atoms with Crippen LogP contribution in [0.15, 0.2) is 0 Å². The van der Waals surface area contributed by atoms with Gasteiger partial charge in [-0.2, -0.15) is 0 Å². The van der Waals surface area contributed by atoms with Crippen molar-refractivity contribution in [2.75, 3.05) is 7.11 Å². The lowest BCUT2D eigenvalue weighted by Crippen LogP contribution is -2.27. The highest BCUT2D eigenvalue weighted by Gasteiger charge is 2.50. The molecule has 0 saturated carbocycles. The Morgan fingerprint density at radius 3 is 2.60 bits per heavy atom. The van der Waals surface area contributed by atoms with E-state index in [1.165, 1.54) is 0 Å². The fourth-order valence-corrected chi connectivity index (χ4v) is 2.59. The molecular formula is C10H18O4Si. The highest BCUT2D eigenvalue weighted by molar-refractivity contribution is 6.26. The first-order valence-electron chi connectivity index (χ1n) is 5.25. The standard InChI is InChI=1S/C10H18O4Si/c1-10(2)7(5-4-6-15-13-3)8(11)14-9(10)12/h7H,4-6,15H2,1-3H3.